The molecule has 0 aliphatic heterocycles. The third-order valence-corrected chi connectivity index (χ3v) is 1.14. The summed E-state index contributed by atoms with van der Waals surface area (Å²) in [6.07, 6.45) is 2.05. The molecule has 0 amide bonds. The van der Waals surface area contributed by atoms with Gasteiger partial charge in [-0.25, -0.2) is 0 Å². The van der Waals surface area contributed by atoms with Gasteiger partial charge in [-0.3, -0.25) is 4.98 Å². The van der Waals surface area contributed by atoms with E-state index in [0.717, 1.165) is 0 Å². The van der Waals surface area contributed by atoms with E-state index in [9.17, 15) is 0 Å². The van der Waals surface area contributed by atoms with Crippen molar-refractivity contribution in [2.75, 3.05) is 0 Å². The number of nitriles is 1. The van der Waals surface area contributed by atoms with Crippen LogP contribution in [0.2, 0.25) is 0 Å². The van der Waals surface area contributed by atoms with E-state index < -0.39 is 6.10 Å². The molecular formula is C7H6N2O. The summed E-state index contributed by atoms with van der Waals surface area (Å²) in [4.78, 5) is 3.74. The summed E-state index contributed by atoms with van der Waals surface area (Å²) in [5.41, 5.74) is 0.581. The molecule has 3 heteroatoms. The second kappa shape index (κ2) is 2.95. The lowest BCUT2D eigenvalue weighted by atomic mass is 10.2. The van der Waals surface area contributed by atoms with Gasteiger partial charge in [-0.1, -0.05) is 0 Å². The van der Waals surface area contributed by atoms with E-state index in [2.05, 4.69) is 4.98 Å². The van der Waals surface area contributed by atoms with Crippen LogP contribution in [0, 0.1) is 11.3 Å². The van der Waals surface area contributed by atoms with Crippen LogP contribution in [0.15, 0.2) is 24.5 Å². The maximum absolute atomic E-state index is 8.94. The standard InChI is InChI=1S/C7H6N2O/c8-5-7(10)6-1-3-9-4-2-6/h1-4,7,10H/t7-/m0/s1. The van der Waals surface area contributed by atoms with Crippen LogP contribution < -0.4 is 0 Å². The van der Waals surface area contributed by atoms with E-state index in [4.69, 9.17) is 10.4 Å². The van der Waals surface area contributed by atoms with Crippen LogP contribution >= 0.6 is 0 Å². The molecule has 50 valence electrons. The normalized spacial score (nSPS) is 12.0. The summed E-state index contributed by atoms with van der Waals surface area (Å²) in [7, 11) is 0. The Labute approximate surface area is 58.6 Å². The minimum absolute atomic E-state index is 0.581. The van der Waals surface area contributed by atoms with Crippen molar-refractivity contribution in [3.05, 3.63) is 30.1 Å². The van der Waals surface area contributed by atoms with Crippen LogP contribution in [0.5, 0.6) is 0 Å². The highest BCUT2D eigenvalue weighted by molar-refractivity contribution is 5.17. The Morgan fingerprint density at radius 1 is 1.50 bits per heavy atom. The summed E-state index contributed by atoms with van der Waals surface area (Å²) >= 11 is 0. The maximum atomic E-state index is 8.94. The third-order valence-electron chi connectivity index (χ3n) is 1.14. The lowest BCUT2D eigenvalue weighted by Crippen LogP contribution is -1.91. The van der Waals surface area contributed by atoms with Crippen molar-refractivity contribution in [3.63, 3.8) is 0 Å². The molecule has 1 aromatic heterocycles. The number of pyridine rings is 1. The number of nitrogens with zero attached hydrogens (tertiary/aromatic N) is 2. The molecule has 0 saturated heterocycles. The van der Waals surface area contributed by atoms with E-state index in [-0.39, 0.29) is 0 Å². The summed E-state index contributed by atoms with van der Waals surface area (Å²) in [5.74, 6) is 0. The monoisotopic (exact) mass is 134 g/mol. The van der Waals surface area contributed by atoms with Crippen molar-refractivity contribution in [2.24, 2.45) is 0 Å². The van der Waals surface area contributed by atoms with E-state index in [1.165, 1.54) is 12.4 Å². The van der Waals surface area contributed by atoms with Gasteiger partial charge in [-0.2, -0.15) is 5.26 Å². The van der Waals surface area contributed by atoms with Crippen LogP contribution in [0.1, 0.15) is 11.7 Å². The van der Waals surface area contributed by atoms with Gasteiger partial charge in [0.2, 0.25) is 0 Å². The zero-order valence-corrected chi connectivity index (χ0v) is 5.23. The molecule has 0 spiro atoms. The molecule has 0 aliphatic rings. The van der Waals surface area contributed by atoms with E-state index in [0.29, 0.717) is 5.56 Å². The number of hydrogen-bond donors (Lipinski definition) is 1. The highest BCUT2D eigenvalue weighted by atomic mass is 16.3. The Kier molecular flexibility index (Phi) is 1.98. The second-order valence-corrected chi connectivity index (χ2v) is 1.81. The van der Waals surface area contributed by atoms with Crippen molar-refractivity contribution in [1.29, 1.82) is 5.26 Å². The molecule has 0 unspecified atom stereocenters. The Morgan fingerprint density at radius 3 is 2.60 bits per heavy atom. The van der Waals surface area contributed by atoms with Crippen molar-refractivity contribution in [3.8, 4) is 6.07 Å². The van der Waals surface area contributed by atoms with Crippen molar-refractivity contribution >= 4 is 0 Å². The van der Waals surface area contributed by atoms with E-state index in [1.807, 2.05) is 0 Å². The van der Waals surface area contributed by atoms with Gasteiger partial charge in [-0.05, 0) is 17.7 Å². The number of aromatic nitrogens is 1. The molecule has 1 N–H and O–H groups in total. The van der Waals surface area contributed by atoms with Crippen molar-refractivity contribution in [2.45, 2.75) is 6.10 Å². The largest absolute Gasteiger partial charge is 0.374 e. The lowest BCUT2D eigenvalue weighted by molar-refractivity contribution is 0.236. The SMILES string of the molecule is N#C[C@H](O)c1ccncc1. The van der Waals surface area contributed by atoms with Crippen molar-refractivity contribution in [1.82, 2.24) is 4.98 Å². The third kappa shape index (κ3) is 1.30. The topological polar surface area (TPSA) is 56.9 Å². The molecule has 0 radical (unpaired) electrons. The molecule has 10 heavy (non-hydrogen) atoms. The molecule has 1 aromatic rings. The molecule has 1 heterocycles. The molecule has 0 fully saturated rings. The summed E-state index contributed by atoms with van der Waals surface area (Å²) in [6, 6.07) is 4.92. The lowest BCUT2D eigenvalue weighted by Gasteiger charge is -1.97. The maximum Gasteiger partial charge on any atom is 0.166 e. The first-order valence-corrected chi connectivity index (χ1v) is 2.82. The molecule has 0 saturated carbocycles. The fraction of sp³-hybridized carbons (Fsp3) is 0.143. The highest BCUT2D eigenvalue weighted by Gasteiger charge is 2.02. The Morgan fingerprint density at radius 2 is 2.10 bits per heavy atom. The molecule has 3 nitrogen and oxygen atoms in total. The fourth-order valence-corrected chi connectivity index (χ4v) is 0.620. The van der Waals surface area contributed by atoms with Gasteiger partial charge in [0.15, 0.2) is 6.10 Å². The number of rotatable bonds is 1. The summed E-state index contributed by atoms with van der Waals surface area (Å²) in [5, 5.41) is 17.2. The summed E-state index contributed by atoms with van der Waals surface area (Å²) in [6.45, 7) is 0. The molecule has 1 atom stereocenters. The van der Waals surface area contributed by atoms with Crippen LogP contribution in [-0.4, -0.2) is 10.1 Å². The zero-order valence-electron chi connectivity index (χ0n) is 5.23. The van der Waals surface area contributed by atoms with Gasteiger partial charge in [0.25, 0.3) is 0 Å². The van der Waals surface area contributed by atoms with Crippen LogP contribution in [0.3, 0.4) is 0 Å². The van der Waals surface area contributed by atoms with Gasteiger partial charge >= 0.3 is 0 Å². The first kappa shape index (κ1) is 6.72. The Bertz CT molecular complexity index is 240. The summed E-state index contributed by atoms with van der Waals surface area (Å²) < 4.78 is 0. The number of hydrogen-bond acceptors (Lipinski definition) is 3. The van der Waals surface area contributed by atoms with Gasteiger partial charge in [0.05, 0.1) is 6.07 Å². The quantitative estimate of drug-likeness (QED) is 0.573. The van der Waals surface area contributed by atoms with Crippen LogP contribution in [-0.2, 0) is 0 Å². The smallest absolute Gasteiger partial charge is 0.166 e. The number of aliphatic hydroxyl groups is 1. The van der Waals surface area contributed by atoms with E-state index in [1.54, 1.807) is 18.2 Å². The average molecular weight is 134 g/mol. The molecule has 0 bridgehead atoms. The fourth-order valence-electron chi connectivity index (χ4n) is 0.620. The average Bonchev–Trinajstić information content (AvgIpc) is 2.05. The van der Waals surface area contributed by atoms with E-state index >= 15 is 0 Å². The highest BCUT2D eigenvalue weighted by Crippen LogP contribution is 2.08. The predicted molar refractivity (Wildman–Crippen MR) is 34.8 cm³/mol. The molecule has 0 aliphatic carbocycles. The molecule has 0 aromatic carbocycles. The number of aliphatic hydroxyl groups excluding tert-OH is 1. The minimum Gasteiger partial charge on any atom is -0.374 e. The first-order chi connectivity index (χ1) is 4.84. The Balaban J connectivity index is 2.88. The predicted octanol–water partition coefficient (Wildman–Crippen LogP) is 0.639. The van der Waals surface area contributed by atoms with Gasteiger partial charge in [-0.15, -0.1) is 0 Å². The minimum atomic E-state index is -1.03. The molecular weight excluding hydrogens is 128 g/mol. The Hall–Kier alpha value is -1.40. The van der Waals surface area contributed by atoms with Crippen molar-refractivity contribution < 1.29 is 5.11 Å². The van der Waals surface area contributed by atoms with Crippen LogP contribution in [0.4, 0.5) is 0 Å². The van der Waals surface area contributed by atoms with Gasteiger partial charge in [0.1, 0.15) is 0 Å². The van der Waals surface area contributed by atoms with Gasteiger partial charge in [0, 0.05) is 12.4 Å². The van der Waals surface area contributed by atoms with Crippen LogP contribution in [0.25, 0.3) is 0 Å². The zero-order chi connectivity index (χ0) is 7.40. The first-order valence-electron chi connectivity index (χ1n) is 2.82. The second-order valence-electron chi connectivity index (χ2n) is 1.81. The van der Waals surface area contributed by atoms with Gasteiger partial charge < -0.3 is 5.11 Å². The molecule has 1 rings (SSSR count).